The molecule has 0 bridgehead atoms. The lowest BCUT2D eigenvalue weighted by molar-refractivity contribution is 0.409. The van der Waals surface area contributed by atoms with Crippen LogP contribution in [0.5, 0.6) is 0 Å². The molecule has 0 saturated heterocycles. The smallest absolute Gasteiger partial charge is 0.131 e. The van der Waals surface area contributed by atoms with Gasteiger partial charge in [0.25, 0.3) is 0 Å². The molecule has 0 aromatic heterocycles. The molecular formula is C49H37N3. The Balaban J connectivity index is 1.14. The Hall–Kier alpha value is -6.55. The molecule has 1 aliphatic rings. The zero-order chi connectivity index (χ0) is 34.7. The molecule has 3 nitrogen and oxygen atoms in total. The Morgan fingerprint density at radius 1 is 0.385 bits per heavy atom. The van der Waals surface area contributed by atoms with E-state index in [1.807, 2.05) is 0 Å². The summed E-state index contributed by atoms with van der Waals surface area (Å²) in [6.07, 6.45) is -0.371. The van der Waals surface area contributed by atoms with E-state index >= 15 is 0 Å². The van der Waals surface area contributed by atoms with Gasteiger partial charge in [-0.25, -0.2) is 4.99 Å². The average molecular weight is 668 g/mol. The maximum atomic E-state index is 5.34. The summed E-state index contributed by atoms with van der Waals surface area (Å²) >= 11 is 0. The fraction of sp³-hybridized carbons (Fsp3) is 0.0408. The number of hydrogen-bond donors (Lipinski definition) is 2. The minimum Gasteiger partial charge on any atom is -0.350 e. The monoisotopic (exact) mass is 667 g/mol. The molecule has 248 valence electrons. The Morgan fingerprint density at radius 3 is 1.71 bits per heavy atom. The summed E-state index contributed by atoms with van der Waals surface area (Å²) in [4.78, 5) is 5.34. The maximum Gasteiger partial charge on any atom is 0.131 e. The third-order valence-corrected chi connectivity index (χ3v) is 9.96. The highest BCUT2D eigenvalue weighted by atomic mass is 15.3. The number of rotatable bonds is 7. The molecule has 0 amide bonds. The third kappa shape index (κ3) is 6.30. The van der Waals surface area contributed by atoms with Crippen LogP contribution in [0.3, 0.4) is 0 Å². The van der Waals surface area contributed by atoms with E-state index in [9.17, 15) is 0 Å². The van der Waals surface area contributed by atoms with E-state index in [-0.39, 0.29) is 12.3 Å². The molecule has 52 heavy (non-hydrogen) atoms. The van der Waals surface area contributed by atoms with Crippen LogP contribution in [0.4, 0.5) is 0 Å². The van der Waals surface area contributed by atoms with Gasteiger partial charge in [-0.2, -0.15) is 0 Å². The highest BCUT2D eigenvalue weighted by molar-refractivity contribution is 6.06. The lowest BCUT2D eigenvalue weighted by Crippen LogP contribution is -2.44. The number of amidine groups is 1. The molecule has 1 heterocycles. The summed E-state index contributed by atoms with van der Waals surface area (Å²) in [6, 6.07) is 71.3. The van der Waals surface area contributed by atoms with Crippen LogP contribution in [0.2, 0.25) is 0 Å². The van der Waals surface area contributed by atoms with Crippen molar-refractivity contribution in [2.75, 3.05) is 0 Å². The van der Waals surface area contributed by atoms with E-state index in [1.54, 1.807) is 0 Å². The summed E-state index contributed by atoms with van der Waals surface area (Å²) in [5.41, 5.74) is 12.9. The quantitative estimate of drug-likeness (QED) is 0.177. The summed E-state index contributed by atoms with van der Waals surface area (Å²) in [5, 5.41) is 9.98. The summed E-state index contributed by atoms with van der Waals surface area (Å²) in [6.45, 7) is 0. The Kier molecular flexibility index (Phi) is 8.46. The third-order valence-electron chi connectivity index (χ3n) is 9.96. The number of nitrogens with one attached hydrogen (secondary N) is 2. The van der Waals surface area contributed by atoms with Gasteiger partial charge in [-0.15, -0.1) is 0 Å². The molecule has 8 aromatic carbocycles. The van der Waals surface area contributed by atoms with Gasteiger partial charge in [0.1, 0.15) is 18.2 Å². The van der Waals surface area contributed by atoms with Crippen LogP contribution >= 0.6 is 0 Å². The molecular weight excluding hydrogens is 631 g/mol. The van der Waals surface area contributed by atoms with Crippen LogP contribution in [0.25, 0.3) is 55.3 Å². The van der Waals surface area contributed by atoms with Crippen molar-refractivity contribution in [3.63, 3.8) is 0 Å². The zero-order valence-corrected chi connectivity index (χ0v) is 28.7. The van der Waals surface area contributed by atoms with E-state index in [1.165, 1.54) is 49.7 Å². The van der Waals surface area contributed by atoms with Crippen molar-refractivity contribution in [1.29, 1.82) is 0 Å². The standard InChI is InChI=1S/C49H37N3/c1-4-14-34(15-5-1)36-26-28-38(29-27-36)45-31-30-37-18-10-11-25-44(37)46(45)41-22-13-24-43(33-41)49-51-47(39-19-8-3-9-20-39)50-48(52-49)42-23-12-21-40(32-42)35-16-6-2-7-17-35/h1-33,47-48,50H,(H,51,52). The second-order valence-corrected chi connectivity index (χ2v) is 13.3. The van der Waals surface area contributed by atoms with Gasteiger partial charge in [0.05, 0.1) is 0 Å². The van der Waals surface area contributed by atoms with Gasteiger partial charge < -0.3 is 5.32 Å². The maximum absolute atomic E-state index is 5.34. The van der Waals surface area contributed by atoms with Crippen LogP contribution in [0.1, 0.15) is 29.0 Å². The van der Waals surface area contributed by atoms with Crippen molar-refractivity contribution in [2.45, 2.75) is 12.3 Å². The number of fused-ring (bicyclic) bond motifs is 1. The highest BCUT2D eigenvalue weighted by Crippen LogP contribution is 2.39. The van der Waals surface area contributed by atoms with E-state index in [0.717, 1.165) is 28.1 Å². The number of aliphatic imine (C=N–C) groups is 1. The summed E-state index contributed by atoms with van der Waals surface area (Å²) in [7, 11) is 0. The number of benzene rings is 8. The lowest BCUT2D eigenvalue weighted by Gasteiger charge is -2.32. The Morgan fingerprint density at radius 2 is 0.942 bits per heavy atom. The lowest BCUT2D eigenvalue weighted by atomic mass is 9.88. The van der Waals surface area contributed by atoms with E-state index in [0.29, 0.717) is 0 Å². The first-order valence-corrected chi connectivity index (χ1v) is 17.9. The first-order valence-electron chi connectivity index (χ1n) is 17.9. The first kappa shape index (κ1) is 31.4. The largest absolute Gasteiger partial charge is 0.350 e. The van der Waals surface area contributed by atoms with Crippen LogP contribution in [0.15, 0.2) is 205 Å². The van der Waals surface area contributed by atoms with Gasteiger partial charge in [-0.05, 0) is 78.5 Å². The van der Waals surface area contributed by atoms with Crippen molar-refractivity contribution < 1.29 is 0 Å². The van der Waals surface area contributed by atoms with E-state index in [4.69, 9.17) is 4.99 Å². The first-order chi connectivity index (χ1) is 25.8. The van der Waals surface area contributed by atoms with Crippen molar-refractivity contribution in [3.05, 3.63) is 217 Å². The SMILES string of the molecule is c1ccc(-c2ccc(-c3ccc4ccccc4c3-c3cccc(C4=NC(c5cccc(-c6ccccc6)c5)NC(c5ccccc5)N4)c3)cc2)cc1. The van der Waals surface area contributed by atoms with Crippen LogP contribution in [-0.2, 0) is 0 Å². The second-order valence-electron chi connectivity index (χ2n) is 13.3. The highest BCUT2D eigenvalue weighted by Gasteiger charge is 2.26. The Labute approximate surface area is 305 Å². The summed E-state index contributed by atoms with van der Waals surface area (Å²) < 4.78 is 0. The Bertz CT molecular complexity index is 2510. The molecule has 0 saturated carbocycles. The molecule has 0 aliphatic carbocycles. The van der Waals surface area contributed by atoms with Gasteiger partial charge >= 0.3 is 0 Å². The second kappa shape index (κ2) is 14.0. The van der Waals surface area contributed by atoms with Gasteiger partial charge in [-0.3, -0.25) is 5.32 Å². The predicted molar refractivity (Wildman–Crippen MR) is 217 cm³/mol. The molecule has 0 radical (unpaired) electrons. The van der Waals surface area contributed by atoms with Crippen molar-refractivity contribution in [3.8, 4) is 44.5 Å². The normalized spacial score (nSPS) is 15.5. The fourth-order valence-electron chi connectivity index (χ4n) is 7.33. The minimum absolute atomic E-state index is 0.126. The van der Waals surface area contributed by atoms with Crippen molar-refractivity contribution in [2.24, 2.45) is 4.99 Å². The zero-order valence-electron chi connectivity index (χ0n) is 28.7. The van der Waals surface area contributed by atoms with Gasteiger partial charge in [0.15, 0.2) is 0 Å². The average Bonchev–Trinajstić information content (AvgIpc) is 3.24. The van der Waals surface area contributed by atoms with E-state index in [2.05, 4.69) is 211 Å². The molecule has 2 N–H and O–H groups in total. The van der Waals surface area contributed by atoms with Crippen LogP contribution < -0.4 is 10.6 Å². The molecule has 8 aromatic rings. The summed E-state index contributed by atoms with van der Waals surface area (Å²) in [5.74, 6) is 0.860. The fourth-order valence-corrected chi connectivity index (χ4v) is 7.33. The van der Waals surface area contributed by atoms with E-state index < -0.39 is 0 Å². The molecule has 9 rings (SSSR count). The van der Waals surface area contributed by atoms with Crippen LogP contribution in [0, 0.1) is 0 Å². The number of hydrogen-bond acceptors (Lipinski definition) is 3. The number of nitrogens with zero attached hydrogens (tertiary/aromatic N) is 1. The minimum atomic E-state index is -0.245. The molecule has 3 heteroatoms. The van der Waals surface area contributed by atoms with Gasteiger partial charge in [-0.1, -0.05) is 188 Å². The van der Waals surface area contributed by atoms with Crippen molar-refractivity contribution in [1.82, 2.24) is 10.6 Å². The van der Waals surface area contributed by atoms with Gasteiger partial charge in [0, 0.05) is 5.56 Å². The topological polar surface area (TPSA) is 36.4 Å². The molecule has 0 spiro atoms. The van der Waals surface area contributed by atoms with Crippen LogP contribution in [-0.4, -0.2) is 5.84 Å². The molecule has 0 fully saturated rings. The van der Waals surface area contributed by atoms with Gasteiger partial charge in [0.2, 0.25) is 0 Å². The molecule has 1 aliphatic heterocycles. The van der Waals surface area contributed by atoms with Crippen molar-refractivity contribution >= 4 is 16.6 Å². The predicted octanol–water partition coefficient (Wildman–Crippen LogP) is 11.8. The molecule has 2 unspecified atom stereocenters. The molecule has 2 atom stereocenters.